The van der Waals surface area contributed by atoms with E-state index in [2.05, 4.69) is 15.9 Å². The number of halogens is 3. The first-order valence-electron chi connectivity index (χ1n) is 5.59. The quantitative estimate of drug-likeness (QED) is 0.613. The number of ether oxygens (including phenoxy) is 1. The zero-order valence-corrected chi connectivity index (χ0v) is 11.8. The van der Waals surface area contributed by atoms with Gasteiger partial charge in [0.25, 0.3) is 6.43 Å². The van der Waals surface area contributed by atoms with Gasteiger partial charge in [-0.3, -0.25) is 4.79 Å². The van der Waals surface area contributed by atoms with Crippen LogP contribution in [0.5, 0.6) is 0 Å². The van der Waals surface area contributed by atoms with Gasteiger partial charge in [0.1, 0.15) is 0 Å². The van der Waals surface area contributed by atoms with Gasteiger partial charge in [0.15, 0.2) is 0 Å². The van der Waals surface area contributed by atoms with Gasteiger partial charge in [0.05, 0.1) is 24.7 Å². The molecule has 0 spiro atoms. The van der Waals surface area contributed by atoms with Crippen LogP contribution < -0.4 is 0 Å². The van der Waals surface area contributed by atoms with E-state index in [4.69, 9.17) is 10.00 Å². The van der Waals surface area contributed by atoms with Crippen LogP contribution in [-0.4, -0.2) is 12.6 Å². The van der Waals surface area contributed by atoms with Crippen LogP contribution in [0.3, 0.4) is 0 Å². The van der Waals surface area contributed by atoms with Gasteiger partial charge in [-0.2, -0.15) is 5.26 Å². The minimum atomic E-state index is -2.74. The molecule has 0 saturated carbocycles. The van der Waals surface area contributed by atoms with Gasteiger partial charge in [-0.25, -0.2) is 8.78 Å². The van der Waals surface area contributed by atoms with Crippen LogP contribution in [0.4, 0.5) is 8.78 Å². The maximum Gasteiger partial charge on any atom is 0.310 e. The monoisotopic (exact) mass is 331 g/mol. The highest BCUT2D eigenvalue weighted by molar-refractivity contribution is 9.08. The molecule has 0 atom stereocenters. The van der Waals surface area contributed by atoms with Gasteiger partial charge < -0.3 is 4.74 Å². The van der Waals surface area contributed by atoms with Gasteiger partial charge in [0, 0.05) is 10.9 Å². The number of alkyl halides is 3. The fourth-order valence-corrected chi connectivity index (χ4v) is 2.21. The lowest BCUT2D eigenvalue weighted by molar-refractivity contribution is -0.142. The van der Waals surface area contributed by atoms with Crippen molar-refractivity contribution in [3.63, 3.8) is 0 Å². The molecule has 6 heteroatoms. The first-order chi connectivity index (χ1) is 9.03. The molecule has 3 nitrogen and oxygen atoms in total. The molecule has 0 amide bonds. The molecule has 0 N–H and O–H groups in total. The SMILES string of the molecule is CCOC(=O)Cc1c(CBr)cc(C#N)cc1C(F)F. The average molecular weight is 332 g/mol. The van der Waals surface area contributed by atoms with Crippen molar-refractivity contribution in [2.24, 2.45) is 0 Å². The van der Waals surface area contributed by atoms with E-state index in [0.717, 1.165) is 6.07 Å². The highest BCUT2D eigenvalue weighted by atomic mass is 79.9. The highest BCUT2D eigenvalue weighted by Gasteiger charge is 2.20. The highest BCUT2D eigenvalue weighted by Crippen LogP contribution is 2.29. The number of carbonyl (C=O) groups is 1. The maximum atomic E-state index is 13.0. The summed E-state index contributed by atoms with van der Waals surface area (Å²) in [7, 11) is 0. The predicted octanol–water partition coefficient (Wildman–Crippen LogP) is 3.50. The molecule has 1 rings (SSSR count). The number of esters is 1. The Morgan fingerprint density at radius 1 is 1.53 bits per heavy atom. The van der Waals surface area contributed by atoms with E-state index in [1.165, 1.54) is 6.07 Å². The fraction of sp³-hybridized carbons (Fsp3) is 0.385. The number of nitriles is 1. The largest absolute Gasteiger partial charge is 0.466 e. The minimum absolute atomic E-state index is 0.150. The van der Waals surface area contributed by atoms with Crippen LogP contribution in [0.25, 0.3) is 0 Å². The van der Waals surface area contributed by atoms with Crippen molar-refractivity contribution in [3.8, 4) is 6.07 Å². The van der Waals surface area contributed by atoms with Crippen LogP contribution >= 0.6 is 15.9 Å². The molecule has 19 heavy (non-hydrogen) atoms. The molecule has 0 fully saturated rings. The summed E-state index contributed by atoms with van der Waals surface area (Å²) in [5.41, 5.74) is 0.589. The van der Waals surface area contributed by atoms with E-state index < -0.39 is 12.4 Å². The van der Waals surface area contributed by atoms with Crippen LogP contribution in [0.2, 0.25) is 0 Å². The normalized spacial score (nSPS) is 10.3. The molecule has 1 aromatic carbocycles. The summed E-state index contributed by atoms with van der Waals surface area (Å²) in [6.45, 7) is 1.85. The Hall–Kier alpha value is -1.48. The molecule has 0 saturated heterocycles. The Kier molecular flexibility index (Phi) is 5.90. The summed E-state index contributed by atoms with van der Waals surface area (Å²) >= 11 is 3.18. The van der Waals surface area contributed by atoms with E-state index in [0.29, 0.717) is 5.56 Å². The van der Waals surface area contributed by atoms with Crippen molar-refractivity contribution in [2.75, 3.05) is 6.61 Å². The van der Waals surface area contributed by atoms with Crippen molar-refractivity contribution in [2.45, 2.75) is 25.1 Å². The number of benzene rings is 1. The van der Waals surface area contributed by atoms with Crippen LogP contribution in [0, 0.1) is 11.3 Å². The summed E-state index contributed by atoms with van der Waals surface area (Å²) in [5.74, 6) is -0.559. The van der Waals surface area contributed by atoms with Crippen molar-refractivity contribution in [3.05, 3.63) is 34.4 Å². The molecule has 0 aliphatic carbocycles. The number of rotatable bonds is 5. The summed E-state index contributed by atoms with van der Waals surface area (Å²) in [4.78, 5) is 11.5. The van der Waals surface area contributed by atoms with Crippen molar-refractivity contribution in [1.82, 2.24) is 0 Å². The van der Waals surface area contributed by atoms with E-state index in [9.17, 15) is 13.6 Å². The van der Waals surface area contributed by atoms with Gasteiger partial charge in [0.2, 0.25) is 0 Å². The number of hydrogen-bond acceptors (Lipinski definition) is 3. The Morgan fingerprint density at radius 3 is 2.68 bits per heavy atom. The standard InChI is InChI=1S/C13H12BrF2NO2/c1-2-19-12(18)5-10-9(6-14)3-8(7-17)4-11(10)13(15)16/h3-4,13H,2,5-6H2,1H3. The molecular weight excluding hydrogens is 320 g/mol. The topological polar surface area (TPSA) is 50.1 Å². The first-order valence-corrected chi connectivity index (χ1v) is 6.71. The maximum absolute atomic E-state index is 13.0. The summed E-state index contributed by atoms with van der Waals surface area (Å²) in [5, 5.41) is 9.11. The molecule has 0 heterocycles. The third kappa shape index (κ3) is 4.00. The van der Waals surface area contributed by atoms with E-state index in [1.807, 2.05) is 6.07 Å². The van der Waals surface area contributed by atoms with Crippen LogP contribution in [0.15, 0.2) is 12.1 Å². The predicted molar refractivity (Wildman–Crippen MR) is 69.1 cm³/mol. The van der Waals surface area contributed by atoms with Gasteiger partial charge in [-0.1, -0.05) is 15.9 Å². The molecular formula is C13H12BrF2NO2. The molecule has 102 valence electrons. The van der Waals surface area contributed by atoms with E-state index in [-0.39, 0.29) is 35.0 Å². The minimum Gasteiger partial charge on any atom is -0.466 e. The number of hydrogen-bond donors (Lipinski definition) is 0. The molecule has 1 aromatic rings. The Balaban J connectivity index is 3.26. The molecule has 0 unspecified atom stereocenters. The van der Waals surface area contributed by atoms with Gasteiger partial charge in [-0.05, 0) is 30.2 Å². The van der Waals surface area contributed by atoms with Crippen LogP contribution in [-0.2, 0) is 21.3 Å². The Bertz CT molecular complexity index is 512. The lowest BCUT2D eigenvalue weighted by atomic mass is 9.96. The molecule has 0 aliphatic heterocycles. The second-order valence-electron chi connectivity index (χ2n) is 3.73. The van der Waals surface area contributed by atoms with E-state index >= 15 is 0 Å². The van der Waals surface area contributed by atoms with Crippen molar-refractivity contribution < 1.29 is 18.3 Å². The number of carbonyl (C=O) groups excluding carboxylic acids is 1. The summed E-state index contributed by atoms with van der Waals surface area (Å²) < 4.78 is 30.8. The summed E-state index contributed by atoms with van der Waals surface area (Å²) in [6, 6.07) is 4.44. The van der Waals surface area contributed by atoms with E-state index in [1.54, 1.807) is 6.92 Å². The average Bonchev–Trinajstić information content (AvgIpc) is 2.38. The third-order valence-corrected chi connectivity index (χ3v) is 3.12. The summed E-state index contributed by atoms with van der Waals surface area (Å²) in [6.07, 6.45) is -2.96. The fourth-order valence-electron chi connectivity index (χ4n) is 1.71. The van der Waals surface area contributed by atoms with Gasteiger partial charge in [-0.15, -0.1) is 0 Å². The number of nitrogens with zero attached hydrogens (tertiary/aromatic N) is 1. The van der Waals surface area contributed by atoms with Crippen molar-refractivity contribution in [1.29, 1.82) is 5.26 Å². The smallest absolute Gasteiger partial charge is 0.310 e. The molecule has 0 radical (unpaired) electrons. The zero-order valence-electron chi connectivity index (χ0n) is 10.3. The zero-order chi connectivity index (χ0) is 14.4. The lowest BCUT2D eigenvalue weighted by Gasteiger charge is -2.13. The second-order valence-corrected chi connectivity index (χ2v) is 4.29. The van der Waals surface area contributed by atoms with Gasteiger partial charge >= 0.3 is 5.97 Å². The third-order valence-electron chi connectivity index (χ3n) is 2.51. The van der Waals surface area contributed by atoms with Crippen LogP contribution in [0.1, 0.15) is 35.6 Å². The second kappa shape index (κ2) is 7.19. The molecule has 0 aromatic heterocycles. The Morgan fingerprint density at radius 2 is 2.21 bits per heavy atom. The molecule has 0 bridgehead atoms. The first kappa shape index (κ1) is 15.6. The van der Waals surface area contributed by atoms with Crippen molar-refractivity contribution >= 4 is 21.9 Å². The lowest BCUT2D eigenvalue weighted by Crippen LogP contribution is -2.12. The molecule has 0 aliphatic rings. The Labute approximate surface area is 118 Å².